The van der Waals surface area contributed by atoms with Crippen LogP contribution in [-0.2, 0) is 9.47 Å². The summed E-state index contributed by atoms with van der Waals surface area (Å²) in [6, 6.07) is 5.11. The predicted octanol–water partition coefficient (Wildman–Crippen LogP) is 2.41. The van der Waals surface area contributed by atoms with Crippen LogP contribution in [-0.4, -0.2) is 32.1 Å². The molecule has 0 amide bonds. The van der Waals surface area contributed by atoms with Gasteiger partial charge in [-0.25, -0.2) is 4.79 Å². The molecule has 1 atom stereocenters. The molecule has 5 heteroatoms. The van der Waals surface area contributed by atoms with Gasteiger partial charge in [0.05, 0.1) is 12.7 Å². The molecule has 19 heavy (non-hydrogen) atoms. The Morgan fingerprint density at radius 1 is 1.53 bits per heavy atom. The zero-order valence-corrected chi connectivity index (χ0v) is 10.9. The number of benzene rings is 1. The van der Waals surface area contributed by atoms with E-state index in [-0.39, 0.29) is 6.23 Å². The third-order valence-corrected chi connectivity index (χ3v) is 3.12. The van der Waals surface area contributed by atoms with Crippen molar-refractivity contribution in [1.82, 2.24) is 0 Å². The summed E-state index contributed by atoms with van der Waals surface area (Å²) in [5, 5.41) is 10.7. The van der Waals surface area contributed by atoms with Crippen molar-refractivity contribution in [2.24, 2.45) is 0 Å². The van der Waals surface area contributed by atoms with Gasteiger partial charge in [0.2, 0.25) is 0 Å². The van der Waals surface area contributed by atoms with Gasteiger partial charge < -0.3 is 20.2 Å². The van der Waals surface area contributed by atoms with Crippen molar-refractivity contribution in [3.63, 3.8) is 0 Å². The van der Waals surface area contributed by atoms with E-state index in [0.717, 1.165) is 31.6 Å². The van der Waals surface area contributed by atoms with Crippen molar-refractivity contribution in [3.8, 4) is 0 Å². The summed E-state index contributed by atoms with van der Waals surface area (Å²) in [4.78, 5) is 11.4. The Balaban J connectivity index is 2.15. The standard InChI is InChI=1S/C14H18N2O3/c1-18-14(17)10-5-6-12(11(8-10)9-15)16-13-4-2-3-7-19-13/h5-6,8-9,13,15-16H,2-4,7H2,1H3. The van der Waals surface area contributed by atoms with E-state index in [1.165, 1.54) is 13.3 Å². The highest BCUT2D eigenvalue weighted by Gasteiger charge is 2.15. The number of carbonyl (C=O) groups excluding carboxylic acids is 1. The second-order valence-electron chi connectivity index (χ2n) is 4.44. The summed E-state index contributed by atoms with van der Waals surface area (Å²) in [5.74, 6) is -0.399. The third kappa shape index (κ3) is 3.32. The zero-order chi connectivity index (χ0) is 13.7. The summed E-state index contributed by atoms with van der Waals surface area (Å²) in [6.07, 6.45) is 4.39. The minimum Gasteiger partial charge on any atom is -0.465 e. The number of carbonyl (C=O) groups is 1. The van der Waals surface area contributed by atoms with Crippen LogP contribution in [0, 0.1) is 5.41 Å². The van der Waals surface area contributed by atoms with Gasteiger partial charge in [0.25, 0.3) is 0 Å². The Kier molecular flexibility index (Phi) is 4.52. The SMILES string of the molecule is COC(=O)c1ccc(NC2CCCCO2)c(C=N)c1. The quantitative estimate of drug-likeness (QED) is 0.645. The first-order valence-electron chi connectivity index (χ1n) is 6.35. The molecule has 2 rings (SSSR count). The van der Waals surface area contributed by atoms with Gasteiger partial charge in [-0.15, -0.1) is 0 Å². The molecule has 1 aromatic carbocycles. The number of methoxy groups -OCH3 is 1. The lowest BCUT2D eigenvalue weighted by molar-refractivity contribution is 0.0343. The number of anilines is 1. The number of rotatable bonds is 4. The molecule has 5 nitrogen and oxygen atoms in total. The fourth-order valence-corrected chi connectivity index (χ4v) is 2.09. The Morgan fingerprint density at radius 3 is 3.00 bits per heavy atom. The van der Waals surface area contributed by atoms with Crippen molar-refractivity contribution >= 4 is 17.9 Å². The molecule has 1 aliphatic rings. The van der Waals surface area contributed by atoms with Crippen LogP contribution in [0.2, 0.25) is 0 Å². The highest BCUT2D eigenvalue weighted by atomic mass is 16.5. The maximum atomic E-state index is 11.4. The molecular weight excluding hydrogens is 244 g/mol. The third-order valence-electron chi connectivity index (χ3n) is 3.12. The molecule has 1 unspecified atom stereocenters. The zero-order valence-electron chi connectivity index (χ0n) is 10.9. The number of hydrogen-bond donors (Lipinski definition) is 2. The first-order valence-corrected chi connectivity index (χ1v) is 6.35. The van der Waals surface area contributed by atoms with Crippen LogP contribution in [0.5, 0.6) is 0 Å². The topological polar surface area (TPSA) is 71.4 Å². The average molecular weight is 262 g/mol. The molecule has 1 heterocycles. The highest BCUT2D eigenvalue weighted by Crippen LogP contribution is 2.21. The van der Waals surface area contributed by atoms with Crippen LogP contribution < -0.4 is 5.32 Å². The van der Waals surface area contributed by atoms with Crippen LogP contribution in [0.25, 0.3) is 0 Å². The monoisotopic (exact) mass is 262 g/mol. The average Bonchev–Trinajstić information content (AvgIpc) is 2.48. The molecule has 2 N–H and O–H groups in total. The van der Waals surface area contributed by atoms with E-state index < -0.39 is 5.97 Å². The molecule has 0 saturated carbocycles. The molecule has 0 spiro atoms. The maximum Gasteiger partial charge on any atom is 0.337 e. The fourth-order valence-electron chi connectivity index (χ4n) is 2.09. The Hall–Kier alpha value is -1.88. The molecule has 0 aliphatic carbocycles. The lowest BCUT2D eigenvalue weighted by atomic mass is 10.1. The summed E-state index contributed by atoms with van der Waals surface area (Å²) in [7, 11) is 1.34. The molecule has 0 radical (unpaired) electrons. The van der Waals surface area contributed by atoms with Crippen molar-refractivity contribution < 1.29 is 14.3 Å². The van der Waals surface area contributed by atoms with Gasteiger partial charge in [-0.1, -0.05) is 0 Å². The van der Waals surface area contributed by atoms with E-state index in [1.54, 1.807) is 18.2 Å². The predicted molar refractivity (Wildman–Crippen MR) is 72.9 cm³/mol. The highest BCUT2D eigenvalue weighted by molar-refractivity contribution is 5.94. The number of nitrogens with one attached hydrogen (secondary N) is 2. The van der Waals surface area contributed by atoms with Gasteiger partial charge in [-0.2, -0.15) is 0 Å². The first kappa shape index (κ1) is 13.5. The molecule has 102 valence electrons. The lowest BCUT2D eigenvalue weighted by Gasteiger charge is -2.25. The maximum absolute atomic E-state index is 11.4. The van der Waals surface area contributed by atoms with Gasteiger partial charge in [0, 0.05) is 24.1 Å². The molecule has 1 saturated heterocycles. The van der Waals surface area contributed by atoms with Crippen LogP contribution in [0.15, 0.2) is 18.2 Å². The molecule has 0 bridgehead atoms. The van der Waals surface area contributed by atoms with E-state index in [9.17, 15) is 4.79 Å². The first-order chi connectivity index (χ1) is 9.24. The Morgan fingerprint density at radius 2 is 2.37 bits per heavy atom. The normalized spacial score (nSPS) is 18.7. The summed E-state index contributed by atoms with van der Waals surface area (Å²) < 4.78 is 10.3. The van der Waals surface area contributed by atoms with Crippen LogP contribution in [0.3, 0.4) is 0 Å². The van der Waals surface area contributed by atoms with Crippen molar-refractivity contribution in [2.75, 3.05) is 19.0 Å². The van der Waals surface area contributed by atoms with Crippen LogP contribution in [0.4, 0.5) is 5.69 Å². The molecule has 1 aromatic rings. The molecule has 0 aromatic heterocycles. The summed E-state index contributed by atoms with van der Waals surface area (Å²) in [6.45, 7) is 0.762. The van der Waals surface area contributed by atoms with E-state index in [1.807, 2.05) is 0 Å². The van der Waals surface area contributed by atoms with E-state index in [4.69, 9.17) is 10.1 Å². The Labute approximate surface area is 112 Å². The van der Waals surface area contributed by atoms with E-state index in [0.29, 0.717) is 11.1 Å². The van der Waals surface area contributed by atoms with Gasteiger partial charge in [0.1, 0.15) is 6.23 Å². The molecule has 1 aliphatic heterocycles. The second-order valence-corrected chi connectivity index (χ2v) is 4.44. The molecular formula is C14H18N2O3. The summed E-state index contributed by atoms with van der Waals surface area (Å²) in [5.41, 5.74) is 1.89. The fraction of sp³-hybridized carbons (Fsp3) is 0.429. The van der Waals surface area contributed by atoms with Crippen molar-refractivity contribution in [3.05, 3.63) is 29.3 Å². The smallest absolute Gasteiger partial charge is 0.337 e. The molecule has 1 fully saturated rings. The lowest BCUT2D eigenvalue weighted by Crippen LogP contribution is -2.27. The van der Waals surface area contributed by atoms with Gasteiger partial charge in [-0.05, 0) is 37.5 Å². The van der Waals surface area contributed by atoms with Crippen LogP contribution in [0.1, 0.15) is 35.2 Å². The van der Waals surface area contributed by atoms with Gasteiger partial charge in [0.15, 0.2) is 0 Å². The number of hydrogen-bond acceptors (Lipinski definition) is 5. The van der Waals surface area contributed by atoms with Crippen molar-refractivity contribution in [2.45, 2.75) is 25.5 Å². The Bertz CT molecular complexity index is 468. The second kappa shape index (κ2) is 6.33. The van der Waals surface area contributed by atoms with Crippen molar-refractivity contribution in [1.29, 1.82) is 5.41 Å². The summed E-state index contributed by atoms with van der Waals surface area (Å²) >= 11 is 0. The minimum absolute atomic E-state index is 0.0172. The minimum atomic E-state index is -0.399. The van der Waals surface area contributed by atoms with E-state index in [2.05, 4.69) is 10.1 Å². The van der Waals surface area contributed by atoms with Gasteiger partial charge >= 0.3 is 5.97 Å². The van der Waals surface area contributed by atoms with Crippen LogP contribution >= 0.6 is 0 Å². The van der Waals surface area contributed by atoms with Gasteiger partial charge in [-0.3, -0.25) is 0 Å². The largest absolute Gasteiger partial charge is 0.465 e. The van der Waals surface area contributed by atoms with E-state index >= 15 is 0 Å². The number of esters is 1. The number of ether oxygens (including phenoxy) is 2.